The molecule has 0 unspecified atom stereocenters. The second kappa shape index (κ2) is 6.00. The summed E-state index contributed by atoms with van der Waals surface area (Å²) >= 11 is 0. The standard InChI is InChI=1S/C13H21N3O2/c1-3-11-15-12(14)9(2)13(16-11)18-8-10-4-6-17-7-5-10/h10H,3-8H2,1-2H3,(H2,14,15,16). The number of aryl methyl sites for hydroxylation is 1. The van der Waals surface area contributed by atoms with E-state index >= 15 is 0 Å². The monoisotopic (exact) mass is 251 g/mol. The van der Waals surface area contributed by atoms with E-state index in [2.05, 4.69) is 9.97 Å². The van der Waals surface area contributed by atoms with Crippen LogP contribution in [-0.4, -0.2) is 29.8 Å². The number of rotatable bonds is 4. The molecule has 1 aliphatic heterocycles. The average Bonchev–Trinajstić information content (AvgIpc) is 2.41. The molecule has 0 amide bonds. The topological polar surface area (TPSA) is 70.3 Å². The Balaban J connectivity index is 2.01. The largest absolute Gasteiger partial charge is 0.477 e. The van der Waals surface area contributed by atoms with Crippen molar-refractivity contribution in [2.45, 2.75) is 33.1 Å². The summed E-state index contributed by atoms with van der Waals surface area (Å²) in [7, 11) is 0. The lowest BCUT2D eigenvalue weighted by Gasteiger charge is -2.22. The van der Waals surface area contributed by atoms with Crippen molar-refractivity contribution in [2.24, 2.45) is 5.92 Å². The third kappa shape index (κ3) is 3.10. The van der Waals surface area contributed by atoms with Crippen LogP contribution in [0.3, 0.4) is 0 Å². The molecule has 0 bridgehead atoms. The van der Waals surface area contributed by atoms with Crippen LogP contribution < -0.4 is 10.5 Å². The van der Waals surface area contributed by atoms with Crippen molar-refractivity contribution in [3.05, 3.63) is 11.4 Å². The average molecular weight is 251 g/mol. The number of nitrogen functional groups attached to an aromatic ring is 1. The predicted octanol–water partition coefficient (Wildman–Crippen LogP) is 1.74. The summed E-state index contributed by atoms with van der Waals surface area (Å²) in [5, 5.41) is 0. The first-order chi connectivity index (χ1) is 8.70. The van der Waals surface area contributed by atoms with Crippen LogP contribution in [0.15, 0.2) is 0 Å². The molecular weight excluding hydrogens is 230 g/mol. The Hall–Kier alpha value is -1.36. The quantitative estimate of drug-likeness (QED) is 0.882. The van der Waals surface area contributed by atoms with Gasteiger partial charge < -0.3 is 15.2 Å². The first-order valence-electron chi connectivity index (χ1n) is 6.54. The Labute approximate surface area is 108 Å². The van der Waals surface area contributed by atoms with Crippen molar-refractivity contribution in [1.82, 2.24) is 9.97 Å². The van der Waals surface area contributed by atoms with Crippen molar-refractivity contribution in [3.63, 3.8) is 0 Å². The number of hydrogen-bond donors (Lipinski definition) is 1. The van der Waals surface area contributed by atoms with Gasteiger partial charge in [-0.25, -0.2) is 4.98 Å². The van der Waals surface area contributed by atoms with E-state index in [1.54, 1.807) is 0 Å². The van der Waals surface area contributed by atoms with Gasteiger partial charge in [0.2, 0.25) is 5.88 Å². The summed E-state index contributed by atoms with van der Waals surface area (Å²) in [6.45, 7) is 6.25. The maximum Gasteiger partial charge on any atom is 0.221 e. The highest BCUT2D eigenvalue weighted by Crippen LogP contribution is 2.22. The molecule has 1 aromatic heterocycles. The molecular formula is C13H21N3O2. The SMILES string of the molecule is CCc1nc(N)c(C)c(OCC2CCOCC2)n1. The second-order valence-corrected chi connectivity index (χ2v) is 4.68. The Morgan fingerprint density at radius 3 is 2.72 bits per heavy atom. The lowest BCUT2D eigenvalue weighted by Crippen LogP contribution is -2.22. The third-order valence-electron chi connectivity index (χ3n) is 3.30. The van der Waals surface area contributed by atoms with Crippen LogP contribution in [0.2, 0.25) is 0 Å². The molecule has 1 aliphatic rings. The van der Waals surface area contributed by atoms with Crippen molar-refractivity contribution < 1.29 is 9.47 Å². The first kappa shape index (κ1) is 13.1. The Morgan fingerprint density at radius 1 is 1.33 bits per heavy atom. The Kier molecular flexibility index (Phi) is 4.36. The highest BCUT2D eigenvalue weighted by Gasteiger charge is 2.16. The van der Waals surface area contributed by atoms with Gasteiger partial charge in [-0.2, -0.15) is 4.98 Å². The van der Waals surface area contributed by atoms with Crippen LogP contribution in [-0.2, 0) is 11.2 Å². The fourth-order valence-electron chi connectivity index (χ4n) is 1.97. The zero-order chi connectivity index (χ0) is 13.0. The van der Waals surface area contributed by atoms with Crippen LogP contribution in [0.25, 0.3) is 0 Å². The van der Waals surface area contributed by atoms with E-state index in [4.69, 9.17) is 15.2 Å². The molecule has 0 aromatic carbocycles. The molecule has 1 saturated heterocycles. The zero-order valence-electron chi connectivity index (χ0n) is 11.1. The van der Waals surface area contributed by atoms with Gasteiger partial charge in [0.1, 0.15) is 11.6 Å². The Morgan fingerprint density at radius 2 is 2.06 bits per heavy atom. The van der Waals surface area contributed by atoms with E-state index in [0.717, 1.165) is 43.9 Å². The normalized spacial score (nSPS) is 16.8. The molecule has 5 nitrogen and oxygen atoms in total. The molecule has 2 rings (SSSR count). The van der Waals surface area contributed by atoms with E-state index in [0.29, 0.717) is 24.2 Å². The van der Waals surface area contributed by atoms with E-state index in [-0.39, 0.29) is 0 Å². The van der Waals surface area contributed by atoms with Crippen molar-refractivity contribution in [1.29, 1.82) is 0 Å². The van der Waals surface area contributed by atoms with Gasteiger partial charge in [0.15, 0.2) is 0 Å². The lowest BCUT2D eigenvalue weighted by atomic mass is 10.0. The Bertz CT molecular complexity index is 403. The number of nitrogens with zero attached hydrogens (tertiary/aromatic N) is 2. The highest BCUT2D eigenvalue weighted by atomic mass is 16.5. The summed E-state index contributed by atoms with van der Waals surface area (Å²) in [5.74, 6) is 2.44. The minimum Gasteiger partial charge on any atom is -0.477 e. The van der Waals surface area contributed by atoms with Gasteiger partial charge in [0, 0.05) is 19.6 Å². The molecule has 2 heterocycles. The van der Waals surface area contributed by atoms with Crippen LogP contribution in [0.5, 0.6) is 5.88 Å². The fraction of sp³-hybridized carbons (Fsp3) is 0.692. The minimum absolute atomic E-state index is 0.517. The third-order valence-corrected chi connectivity index (χ3v) is 3.30. The zero-order valence-corrected chi connectivity index (χ0v) is 11.1. The van der Waals surface area contributed by atoms with Gasteiger partial charge in [0.25, 0.3) is 0 Å². The molecule has 0 spiro atoms. The number of hydrogen-bond acceptors (Lipinski definition) is 5. The van der Waals surface area contributed by atoms with Gasteiger partial charge >= 0.3 is 0 Å². The molecule has 0 radical (unpaired) electrons. The molecule has 0 saturated carbocycles. The molecule has 5 heteroatoms. The number of ether oxygens (including phenoxy) is 2. The highest BCUT2D eigenvalue weighted by molar-refractivity contribution is 5.44. The number of aromatic nitrogens is 2. The minimum atomic E-state index is 0.517. The molecule has 18 heavy (non-hydrogen) atoms. The van der Waals surface area contributed by atoms with Gasteiger partial charge in [0.05, 0.1) is 12.2 Å². The lowest BCUT2D eigenvalue weighted by molar-refractivity contribution is 0.0489. The summed E-state index contributed by atoms with van der Waals surface area (Å²) < 4.78 is 11.1. The van der Waals surface area contributed by atoms with Gasteiger partial charge in [-0.15, -0.1) is 0 Å². The number of nitrogens with two attached hydrogens (primary N) is 1. The summed E-state index contributed by atoms with van der Waals surface area (Å²) in [6, 6.07) is 0. The predicted molar refractivity (Wildman–Crippen MR) is 69.6 cm³/mol. The van der Waals surface area contributed by atoms with E-state index < -0.39 is 0 Å². The van der Waals surface area contributed by atoms with Gasteiger partial charge in [-0.1, -0.05) is 6.92 Å². The van der Waals surface area contributed by atoms with Crippen molar-refractivity contribution in [2.75, 3.05) is 25.6 Å². The molecule has 100 valence electrons. The molecule has 2 N–H and O–H groups in total. The smallest absolute Gasteiger partial charge is 0.221 e. The summed E-state index contributed by atoms with van der Waals surface area (Å²) in [6.07, 6.45) is 2.87. The van der Waals surface area contributed by atoms with Crippen LogP contribution in [0.4, 0.5) is 5.82 Å². The molecule has 0 aliphatic carbocycles. The maximum absolute atomic E-state index is 5.85. The fourth-order valence-corrected chi connectivity index (χ4v) is 1.97. The van der Waals surface area contributed by atoms with Crippen molar-refractivity contribution in [3.8, 4) is 5.88 Å². The summed E-state index contributed by atoms with van der Waals surface area (Å²) in [5.41, 5.74) is 6.69. The van der Waals surface area contributed by atoms with E-state index in [1.165, 1.54) is 0 Å². The van der Waals surface area contributed by atoms with Crippen molar-refractivity contribution >= 4 is 5.82 Å². The van der Waals surface area contributed by atoms with Gasteiger partial charge in [-0.3, -0.25) is 0 Å². The maximum atomic E-state index is 5.85. The molecule has 1 fully saturated rings. The van der Waals surface area contributed by atoms with Crippen LogP contribution in [0, 0.1) is 12.8 Å². The van der Waals surface area contributed by atoms with Crippen LogP contribution >= 0.6 is 0 Å². The molecule has 1 aromatic rings. The summed E-state index contributed by atoms with van der Waals surface area (Å²) in [4.78, 5) is 8.60. The van der Waals surface area contributed by atoms with E-state index in [1.807, 2.05) is 13.8 Å². The van der Waals surface area contributed by atoms with Crippen LogP contribution in [0.1, 0.15) is 31.2 Å². The van der Waals surface area contributed by atoms with E-state index in [9.17, 15) is 0 Å². The first-order valence-corrected chi connectivity index (χ1v) is 6.54. The number of anilines is 1. The van der Waals surface area contributed by atoms with Gasteiger partial charge in [-0.05, 0) is 25.7 Å². The molecule has 0 atom stereocenters. The second-order valence-electron chi connectivity index (χ2n) is 4.68.